The Hall–Kier alpha value is -1.06. The molecule has 2 unspecified atom stereocenters. The second kappa shape index (κ2) is 3.83. The number of nitrogens with zero attached hydrogens (tertiary/aromatic N) is 1. The number of hydrogen-bond donors (Lipinski definition) is 1. The van der Waals surface area contributed by atoms with Crippen LogP contribution in [0, 0.1) is 0 Å². The molecule has 1 heterocycles. The summed E-state index contributed by atoms with van der Waals surface area (Å²) < 4.78 is 0. The molecule has 0 bridgehead atoms. The third kappa shape index (κ3) is 1.73. The van der Waals surface area contributed by atoms with E-state index in [2.05, 4.69) is 0 Å². The number of rotatable bonds is 1. The Labute approximate surface area is 93.3 Å². The second-order valence-corrected chi connectivity index (χ2v) is 4.19. The molecule has 0 aliphatic carbocycles. The third-order valence-corrected chi connectivity index (χ3v) is 3.07. The third-order valence-electron chi connectivity index (χ3n) is 2.73. The number of β-amino-alcohol motifs (C(OH)–C–C–N with tert-alkyl or cyclic N) is 1. The topological polar surface area (TPSA) is 40.5 Å². The minimum Gasteiger partial charge on any atom is -0.390 e. The van der Waals surface area contributed by atoms with Crippen LogP contribution in [0.3, 0.4) is 0 Å². The summed E-state index contributed by atoms with van der Waals surface area (Å²) in [7, 11) is 1.68. The molecule has 80 valence electrons. The SMILES string of the molecule is CN1CC(O)C(c2ccccc2Cl)C1=O. The van der Waals surface area contributed by atoms with Gasteiger partial charge in [-0.15, -0.1) is 0 Å². The summed E-state index contributed by atoms with van der Waals surface area (Å²) >= 11 is 6.00. The maximum atomic E-state index is 11.8. The summed E-state index contributed by atoms with van der Waals surface area (Å²) in [6.07, 6.45) is -0.664. The summed E-state index contributed by atoms with van der Waals surface area (Å²) in [5.41, 5.74) is 0.709. The van der Waals surface area contributed by atoms with Gasteiger partial charge in [-0.3, -0.25) is 4.79 Å². The number of likely N-dealkylation sites (tertiary alicyclic amines) is 1. The number of benzene rings is 1. The predicted octanol–water partition coefficient (Wildman–Crippen LogP) is 1.26. The lowest BCUT2D eigenvalue weighted by Crippen LogP contribution is -2.21. The monoisotopic (exact) mass is 225 g/mol. The van der Waals surface area contributed by atoms with Gasteiger partial charge in [0.05, 0.1) is 12.0 Å². The molecule has 0 aromatic heterocycles. The summed E-state index contributed by atoms with van der Waals surface area (Å²) in [5, 5.41) is 10.3. The minimum absolute atomic E-state index is 0.0735. The number of hydrogen-bond acceptors (Lipinski definition) is 2. The van der Waals surface area contributed by atoms with Gasteiger partial charge in [-0.05, 0) is 11.6 Å². The largest absolute Gasteiger partial charge is 0.390 e. The van der Waals surface area contributed by atoms with Crippen LogP contribution in [0.5, 0.6) is 0 Å². The number of carbonyl (C=O) groups is 1. The summed E-state index contributed by atoms with van der Waals surface area (Å²) in [4.78, 5) is 13.3. The fourth-order valence-electron chi connectivity index (χ4n) is 1.95. The van der Waals surface area contributed by atoms with Crippen LogP contribution in [-0.2, 0) is 4.79 Å². The molecule has 1 fully saturated rings. The molecule has 2 atom stereocenters. The molecule has 0 saturated carbocycles. The van der Waals surface area contributed by atoms with Crippen LogP contribution in [0.1, 0.15) is 11.5 Å². The number of halogens is 1. The van der Waals surface area contributed by atoms with E-state index in [9.17, 15) is 9.90 Å². The van der Waals surface area contributed by atoms with Crippen LogP contribution in [0.25, 0.3) is 0 Å². The van der Waals surface area contributed by atoms with E-state index < -0.39 is 12.0 Å². The van der Waals surface area contributed by atoms with Crippen LogP contribution < -0.4 is 0 Å². The number of carbonyl (C=O) groups excluding carboxylic acids is 1. The van der Waals surface area contributed by atoms with Crippen molar-refractivity contribution in [3.05, 3.63) is 34.9 Å². The predicted molar refractivity (Wildman–Crippen MR) is 57.8 cm³/mol. The number of amides is 1. The Balaban J connectivity index is 2.39. The molecule has 1 aliphatic heterocycles. The van der Waals surface area contributed by atoms with Gasteiger partial charge in [-0.2, -0.15) is 0 Å². The zero-order valence-electron chi connectivity index (χ0n) is 8.35. The standard InChI is InChI=1S/C11H12ClNO2/c1-13-6-9(14)10(11(13)15)7-4-2-3-5-8(7)12/h2-5,9-10,14H,6H2,1H3. The molecule has 3 nitrogen and oxygen atoms in total. The van der Waals surface area contributed by atoms with Gasteiger partial charge in [0.2, 0.25) is 5.91 Å². The Morgan fingerprint density at radius 2 is 2.13 bits per heavy atom. The van der Waals surface area contributed by atoms with E-state index in [1.54, 1.807) is 25.2 Å². The first kappa shape index (κ1) is 10.5. The van der Waals surface area contributed by atoms with Crippen LogP contribution >= 0.6 is 11.6 Å². The maximum absolute atomic E-state index is 11.8. The fraction of sp³-hybridized carbons (Fsp3) is 0.364. The first-order valence-corrected chi connectivity index (χ1v) is 5.16. The Kier molecular flexibility index (Phi) is 2.67. The van der Waals surface area contributed by atoms with Crippen molar-refractivity contribution >= 4 is 17.5 Å². The van der Waals surface area contributed by atoms with Crippen molar-refractivity contribution in [2.45, 2.75) is 12.0 Å². The molecular formula is C11H12ClNO2. The minimum atomic E-state index is -0.664. The molecule has 2 rings (SSSR count). The van der Waals surface area contributed by atoms with E-state index in [1.165, 1.54) is 4.90 Å². The average molecular weight is 226 g/mol. The molecule has 1 aliphatic rings. The van der Waals surface area contributed by atoms with Crippen LogP contribution in [0.2, 0.25) is 5.02 Å². The van der Waals surface area contributed by atoms with E-state index in [-0.39, 0.29) is 5.91 Å². The number of likely N-dealkylation sites (N-methyl/N-ethyl adjacent to an activating group) is 1. The summed E-state index contributed by atoms with van der Waals surface area (Å²) in [6, 6.07) is 7.14. The van der Waals surface area contributed by atoms with E-state index in [1.807, 2.05) is 6.07 Å². The van der Waals surface area contributed by atoms with Crippen LogP contribution in [-0.4, -0.2) is 35.6 Å². The van der Waals surface area contributed by atoms with E-state index in [0.717, 1.165) is 0 Å². The van der Waals surface area contributed by atoms with Gasteiger partial charge in [-0.25, -0.2) is 0 Å². The van der Waals surface area contributed by atoms with Crippen molar-refractivity contribution in [3.63, 3.8) is 0 Å². The van der Waals surface area contributed by atoms with Gasteiger partial charge in [-0.1, -0.05) is 29.8 Å². The van der Waals surface area contributed by atoms with Gasteiger partial charge >= 0.3 is 0 Å². The second-order valence-electron chi connectivity index (χ2n) is 3.79. The Morgan fingerprint density at radius 3 is 2.67 bits per heavy atom. The zero-order chi connectivity index (χ0) is 11.0. The van der Waals surface area contributed by atoms with Crippen LogP contribution in [0.15, 0.2) is 24.3 Å². The maximum Gasteiger partial charge on any atom is 0.232 e. The van der Waals surface area contributed by atoms with Crippen molar-refractivity contribution in [1.29, 1.82) is 0 Å². The number of aliphatic hydroxyl groups excluding tert-OH is 1. The highest BCUT2D eigenvalue weighted by Gasteiger charge is 2.39. The smallest absolute Gasteiger partial charge is 0.232 e. The quantitative estimate of drug-likeness (QED) is 0.782. The Morgan fingerprint density at radius 1 is 1.47 bits per heavy atom. The lowest BCUT2D eigenvalue weighted by atomic mass is 9.95. The molecular weight excluding hydrogens is 214 g/mol. The van der Waals surface area contributed by atoms with Crippen molar-refractivity contribution in [2.24, 2.45) is 0 Å². The lowest BCUT2D eigenvalue weighted by Gasteiger charge is -2.13. The van der Waals surface area contributed by atoms with Gasteiger partial charge < -0.3 is 10.0 Å². The zero-order valence-corrected chi connectivity index (χ0v) is 9.11. The number of aliphatic hydroxyl groups is 1. The molecule has 0 radical (unpaired) electrons. The van der Waals surface area contributed by atoms with Gasteiger partial charge in [0, 0.05) is 18.6 Å². The van der Waals surface area contributed by atoms with Crippen LogP contribution in [0.4, 0.5) is 0 Å². The highest BCUT2D eigenvalue weighted by molar-refractivity contribution is 6.31. The molecule has 1 N–H and O–H groups in total. The van der Waals surface area contributed by atoms with E-state index in [0.29, 0.717) is 17.1 Å². The highest BCUT2D eigenvalue weighted by Crippen LogP contribution is 2.32. The normalized spacial score (nSPS) is 26.1. The molecule has 1 amide bonds. The first-order chi connectivity index (χ1) is 7.11. The van der Waals surface area contributed by atoms with Gasteiger partial charge in [0.25, 0.3) is 0 Å². The molecule has 0 spiro atoms. The molecule has 1 aromatic rings. The van der Waals surface area contributed by atoms with Gasteiger partial charge in [0.1, 0.15) is 0 Å². The highest BCUT2D eigenvalue weighted by atomic mass is 35.5. The Bertz CT molecular complexity index is 394. The van der Waals surface area contributed by atoms with E-state index in [4.69, 9.17) is 11.6 Å². The summed E-state index contributed by atoms with van der Waals surface area (Å²) in [5.74, 6) is -0.584. The lowest BCUT2D eigenvalue weighted by molar-refractivity contribution is -0.128. The summed E-state index contributed by atoms with van der Waals surface area (Å²) in [6.45, 7) is 0.370. The molecule has 15 heavy (non-hydrogen) atoms. The first-order valence-electron chi connectivity index (χ1n) is 4.78. The molecule has 1 saturated heterocycles. The van der Waals surface area contributed by atoms with Crippen molar-refractivity contribution in [3.8, 4) is 0 Å². The fourth-order valence-corrected chi connectivity index (χ4v) is 2.20. The van der Waals surface area contributed by atoms with E-state index >= 15 is 0 Å². The van der Waals surface area contributed by atoms with Crippen molar-refractivity contribution in [2.75, 3.05) is 13.6 Å². The van der Waals surface area contributed by atoms with Crippen molar-refractivity contribution in [1.82, 2.24) is 4.90 Å². The van der Waals surface area contributed by atoms with Crippen molar-refractivity contribution < 1.29 is 9.90 Å². The molecule has 1 aromatic carbocycles. The molecule has 4 heteroatoms. The van der Waals surface area contributed by atoms with Gasteiger partial charge in [0.15, 0.2) is 0 Å². The average Bonchev–Trinajstić information content (AvgIpc) is 2.43.